The Morgan fingerprint density at radius 2 is 1.25 bits per heavy atom. The SMILES string of the molecule is O=C(F)/C=C\C(=O)F. The van der Waals surface area contributed by atoms with Gasteiger partial charge in [0, 0.05) is 12.2 Å². The smallest absolute Gasteiger partial charge is 0.256 e. The lowest BCUT2D eigenvalue weighted by molar-refractivity contribution is -0.126. The summed E-state index contributed by atoms with van der Waals surface area (Å²) >= 11 is 0. The third kappa shape index (κ3) is 4.94. The molecule has 0 saturated heterocycles. The Hall–Kier alpha value is -1.06. The van der Waals surface area contributed by atoms with Crippen LogP contribution >= 0.6 is 0 Å². The zero-order chi connectivity index (χ0) is 6.57. The van der Waals surface area contributed by atoms with E-state index in [1.807, 2.05) is 0 Å². The third-order valence-corrected chi connectivity index (χ3v) is 0.345. The fourth-order valence-electron chi connectivity index (χ4n) is 0.131. The highest BCUT2D eigenvalue weighted by molar-refractivity contribution is 5.90. The normalized spacial score (nSPS) is 9.75. The van der Waals surface area contributed by atoms with Crippen molar-refractivity contribution in [2.45, 2.75) is 0 Å². The van der Waals surface area contributed by atoms with E-state index < -0.39 is 12.1 Å². The van der Waals surface area contributed by atoms with Crippen LogP contribution in [0.3, 0.4) is 0 Å². The summed E-state index contributed by atoms with van der Waals surface area (Å²) in [6.45, 7) is 0. The Bertz CT molecular complexity index is 123. The number of halogens is 2. The largest absolute Gasteiger partial charge is 0.325 e. The van der Waals surface area contributed by atoms with Crippen LogP contribution in [0.4, 0.5) is 8.78 Å². The van der Waals surface area contributed by atoms with Crippen molar-refractivity contribution in [1.29, 1.82) is 0 Å². The minimum absolute atomic E-state index is 0.211. The molecule has 0 amide bonds. The van der Waals surface area contributed by atoms with Gasteiger partial charge in [0.2, 0.25) is 0 Å². The summed E-state index contributed by atoms with van der Waals surface area (Å²) in [5.74, 6) is 0. The number of hydrogen-bond acceptors (Lipinski definition) is 2. The van der Waals surface area contributed by atoms with Crippen molar-refractivity contribution in [3.05, 3.63) is 12.2 Å². The van der Waals surface area contributed by atoms with Crippen LogP contribution in [0, 0.1) is 0 Å². The van der Waals surface area contributed by atoms with Crippen molar-refractivity contribution in [1.82, 2.24) is 0 Å². The third-order valence-electron chi connectivity index (χ3n) is 0.345. The van der Waals surface area contributed by atoms with Gasteiger partial charge >= 0.3 is 12.1 Å². The summed E-state index contributed by atoms with van der Waals surface area (Å²) in [6, 6.07) is -3.67. The van der Waals surface area contributed by atoms with Crippen LogP contribution in [0.5, 0.6) is 0 Å². The Morgan fingerprint density at radius 3 is 1.38 bits per heavy atom. The molecule has 2 nitrogen and oxygen atoms in total. The van der Waals surface area contributed by atoms with Gasteiger partial charge in [-0.05, 0) is 0 Å². The van der Waals surface area contributed by atoms with Crippen LogP contribution < -0.4 is 0 Å². The van der Waals surface area contributed by atoms with Crippen molar-refractivity contribution in [2.75, 3.05) is 0 Å². The van der Waals surface area contributed by atoms with E-state index in [4.69, 9.17) is 0 Å². The van der Waals surface area contributed by atoms with Gasteiger partial charge in [-0.2, -0.15) is 8.78 Å². The first-order valence-corrected chi connectivity index (χ1v) is 1.70. The molecule has 0 aliphatic heterocycles. The van der Waals surface area contributed by atoms with Gasteiger partial charge in [-0.15, -0.1) is 0 Å². The number of carbonyl (C=O) groups excluding carboxylic acids is 2. The molecule has 44 valence electrons. The van der Waals surface area contributed by atoms with E-state index in [1.54, 1.807) is 0 Å². The van der Waals surface area contributed by atoms with Crippen LogP contribution in [0.15, 0.2) is 12.2 Å². The summed E-state index contributed by atoms with van der Waals surface area (Å²) in [4.78, 5) is 18.6. The Kier molecular flexibility index (Phi) is 2.61. The second-order valence-electron chi connectivity index (χ2n) is 0.942. The van der Waals surface area contributed by atoms with E-state index in [9.17, 15) is 18.4 Å². The molecule has 8 heavy (non-hydrogen) atoms. The highest BCUT2D eigenvalue weighted by Gasteiger charge is 1.90. The minimum atomic E-state index is -1.84. The zero-order valence-corrected chi connectivity index (χ0v) is 3.73. The molecule has 0 unspecified atom stereocenters. The molecule has 0 aliphatic carbocycles. The van der Waals surface area contributed by atoms with Gasteiger partial charge in [0.15, 0.2) is 0 Å². The van der Waals surface area contributed by atoms with Gasteiger partial charge in [-0.25, -0.2) is 0 Å². The average molecular weight is 120 g/mol. The fourth-order valence-corrected chi connectivity index (χ4v) is 0.131. The summed E-state index contributed by atoms with van der Waals surface area (Å²) in [6.07, 6.45) is 0.421. The number of allylic oxidation sites excluding steroid dienone is 2. The van der Waals surface area contributed by atoms with E-state index in [0.717, 1.165) is 0 Å². The molecular formula is C4H2F2O2. The lowest BCUT2D eigenvalue weighted by atomic mass is 10.5. The number of rotatable bonds is 2. The summed E-state index contributed by atoms with van der Waals surface area (Å²) in [7, 11) is 0. The first-order valence-electron chi connectivity index (χ1n) is 1.70. The van der Waals surface area contributed by atoms with Crippen molar-refractivity contribution in [2.24, 2.45) is 0 Å². The van der Waals surface area contributed by atoms with Crippen LogP contribution in [0.25, 0.3) is 0 Å². The van der Waals surface area contributed by atoms with Crippen molar-refractivity contribution < 1.29 is 18.4 Å². The number of carbonyl (C=O) groups is 2. The van der Waals surface area contributed by atoms with E-state index in [0.29, 0.717) is 0 Å². The lowest BCUT2D eigenvalue weighted by Gasteiger charge is -1.68. The van der Waals surface area contributed by atoms with Gasteiger partial charge in [0.05, 0.1) is 0 Å². The zero-order valence-electron chi connectivity index (χ0n) is 3.73. The van der Waals surface area contributed by atoms with Gasteiger partial charge in [0.1, 0.15) is 0 Å². The quantitative estimate of drug-likeness (QED) is 0.393. The lowest BCUT2D eigenvalue weighted by Crippen LogP contribution is -1.82. The Morgan fingerprint density at radius 1 is 1.00 bits per heavy atom. The molecule has 0 spiro atoms. The van der Waals surface area contributed by atoms with Crippen LogP contribution in [-0.4, -0.2) is 12.1 Å². The molecule has 0 saturated carbocycles. The monoisotopic (exact) mass is 120 g/mol. The molecule has 0 heterocycles. The van der Waals surface area contributed by atoms with Crippen LogP contribution in [-0.2, 0) is 9.59 Å². The fraction of sp³-hybridized carbons (Fsp3) is 0. The molecule has 0 radical (unpaired) electrons. The molecule has 0 aromatic heterocycles. The predicted molar refractivity (Wildman–Crippen MR) is 21.4 cm³/mol. The second-order valence-corrected chi connectivity index (χ2v) is 0.942. The van der Waals surface area contributed by atoms with Crippen molar-refractivity contribution in [3.63, 3.8) is 0 Å². The topological polar surface area (TPSA) is 34.1 Å². The molecule has 0 atom stereocenters. The highest BCUT2D eigenvalue weighted by Crippen LogP contribution is 1.79. The standard InChI is InChI=1S/C4H2F2O2/c5-3(7)1-2-4(6)8/h1-2H/b2-1-. The van der Waals surface area contributed by atoms with E-state index in [-0.39, 0.29) is 12.2 Å². The molecule has 0 aromatic rings. The van der Waals surface area contributed by atoms with Crippen LogP contribution in [0.1, 0.15) is 0 Å². The maximum atomic E-state index is 11.0. The Balaban J connectivity index is 3.67. The average Bonchev–Trinajstić information content (AvgIpc) is 1.61. The van der Waals surface area contributed by atoms with E-state index in [1.165, 1.54) is 0 Å². The molecule has 0 rings (SSSR count). The van der Waals surface area contributed by atoms with Gasteiger partial charge in [0.25, 0.3) is 0 Å². The van der Waals surface area contributed by atoms with Crippen molar-refractivity contribution >= 4 is 12.1 Å². The molecule has 0 fully saturated rings. The van der Waals surface area contributed by atoms with Gasteiger partial charge in [-0.3, -0.25) is 9.59 Å². The van der Waals surface area contributed by atoms with E-state index in [2.05, 4.69) is 0 Å². The molecular weight excluding hydrogens is 118 g/mol. The number of hydrogen-bond donors (Lipinski definition) is 0. The molecule has 0 bridgehead atoms. The molecule has 0 N–H and O–H groups in total. The maximum Gasteiger partial charge on any atom is 0.325 e. The van der Waals surface area contributed by atoms with Gasteiger partial charge < -0.3 is 0 Å². The van der Waals surface area contributed by atoms with Crippen LogP contribution in [0.2, 0.25) is 0 Å². The summed E-state index contributed by atoms with van der Waals surface area (Å²) in [5.41, 5.74) is 0. The first-order chi connectivity index (χ1) is 3.63. The van der Waals surface area contributed by atoms with E-state index >= 15 is 0 Å². The molecule has 0 aromatic carbocycles. The minimum Gasteiger partial charge on any atom is -0.256 e. The Labute approximate surface area is 43.8 Å². The molecule has 4 heteroatoms. The first kappa shape index (κ1) is 6.94. The second kappa shape index (κ2) is 3.01. The van der Waals surface area contributed by atoms with Gasteiger partial charge in [-0.1, -0.05) is 0 Å². The highest BCUT2D eigenvalue weighted by atomic mass is 19.1. The predicted octanol–water partition coefficient (Wildman–Crippen LogP) is 0.535. The summed E-state index contributed by atoms with van der Waals surface area (Å²) in [5, 5.41) is 0. The molecule has 0 aliphatic rings. The van der Waals surface area contributed by atoms with Crippen molar-refractivity contribution in [3.8, 4) is 0 Å². The maximum absolute atomic E-state index is 11.0. The summed E-state index contributed by atoms with van der Waals surface area (Å²) < 4.78 is 22.0.